The fourth-order valence-corrected chi connectivity index (χ4v) is 8.47. The smallest absolute Gasteiger partial charge is 0.475 e. The molecule has 17 heteroatoms. The average molecular weight is 876 g/mol. The predicted octanol–water partition coefficient (Wildman–Crippen LogP) is 8.67. The molecule has 2 N–H and O–H groups in total. The normalized spacial score (nSPS) is 19.8. The molecule has 314 valence electrons. The van der Waals surface area contributed by atoms with E-state index in [-0.39, 0.29) is 60.6 Å². The van der Waals surface area contributed by atoms with Gasteiger partial charge in [-0.1, -0.05) is 83.9 Å². The Morgan fingerprint density at radius 2 is 1.20 bits per heavy atom. The SMILES string of the molecule is O=C(COc1ccc(Cl)c(F)c1)NC12CCC(NC(=O)COc3ccc(Cl)c(F)c3)(CC1)[C@@H](OC(=O)CCCOP(=O)(OCc1ccccc1)OCc1ccccc1)C2. The second-order valence-corrected chi connectivity index (χ2v) is 16.8. The van der Waals surface area contributed by atoms with Gasteiger partial charge in [0.1, 0.15) is 29.2 Å². The van der Waals surface area contributed by atoms with Crippen LogP contribution in [0.3, 0.4) is 0 Å². The van der Waals surface area contributed by atoms with Crippen molar-refractivity contribution in [2.75, 3.05) is 19.8 Å². The highest BCUT2D eigenvalue weighted by Crippen LogP contribution is 2.51. The molecule has 59 heavy (non-hydrogen) atoms. The Labute approximate surface area is 350 Å². The molecule has 3 fully saturated rings. The van der Waals surface area contributed by atoms with Gasteiger partial charge in [-0.15, -0.1) is 0 Å². The van der Waals surface area contributed by atoms with Gasteiger partial charge in [-0.25, -0.2) is 13.3 Å². The van der Waals surface area contributed by atoms with Crippen LogP contribution in [0.4, 0.5) is 8.78 Å². The summed E-state index contributed by atoms with van der Waals surface area (Å²) >= 11 is 11.5. The number of fused-ring (bicyclic) bond motifs is 3. The molecular formula is C42H43Cl2F2N2O10P. The van der Waals surface area contributed by atoms with E-state index in [9.17, 15) is 27.7 Å². The zero-order chi connectivity index (χ0) is 41.9. The van der Waals surface area contributed by atoms with E-state index in [1.54, 1.807) is 0 Å². The van der Waals surface area contributed by atoms with Crippen molar-refractivity contribution < 1.29 is 55.5 Å². The van der Waals surface area contributed by atoms with Crippen LogP contribution in [0.1, 0.15) is 56.1 Å². The number of benzene rings is 4. The lowest BCUT2D eigenvalue weighted by molar-refractivity contribution is -0.167. The second kappa shape index (κ2) is 20.1. The van der Waals surface area contributed by atoms with Crippen LogP contribution < -0.4 is 20.1 Å². The number of nitrogens with one attached hydrogen (secondary N) is 2. The maximum Gasteiger partial charge on any atom is 0.475 e. The Kier molecular flexibility index (Phi) is 15.0. The van der Waals surface area contributed by atoms with Crippen LogP contribution in [-0.2, 0) is 50.5 Å². The van der Waals surface area contributed by atoms with E-state index < -0.39 is 67.6 Å². The van der Waals surface area contributed by atoms with Gasteiger partial charge in [-0.05, 0) is 67.5 Å². The molecule has 2 bridgehead atoms. The fraction of sp³-hybridized carbons (Fsp3) is 0.357. The maximum atomic E-state index is 14.0. The monoisotopic (exact) mass is 874 g/mol. The van der Waals surface area contributed by atoms with Crippen molar-refractivity contribution in [3.8, 4) is 11.5 Å². The number of carbonyl (C=O) groups excluding carboxylic acids is 3. The minimum Gasteiger partial charge on any atom is -0.484 e. The van der Waals surface area contributed by atoms with Crippen molar-refractivity contribution in [2.45, 2.75) is 75.3 Å². The Morgan fingerprint density at radius 3 is 1.71 bits per heavy atom. The van der Waals surface area contributed by atoms with Crippen molar-refractivity contribution in [2.24, 2.45) is 0 Å². The number of hydrogen-bond acceptors (Lipinski definition) is 10. The number of phosphoric ester groups is 1. The first kappa shape index (κ1) is 44.0. The molecular weight excluding hydrogens is 832 g/mol. The highest BCUT2D eigenvalue weighted by Gasteiger charge is 2.57. The number of phosphoric acid groups is 1. The molecule has 0 radical (unpaired) electrons. The summed E-state index contributed by atoms with van der Waals surface area (Å²) in [5.74, 6) is -2.79. The van der Waals surface area contributed by atoms with Crippen LogP contribution in [0, 0.1) is 11.6 Å². The summed E-state index contributed by atoms with van der Waals surface area (Å²) < 4.78 is 75.6. The van der Waals surface area contributed by atoms with Gasteiger partial charge >= 0.3 is 13.8 Å². The van der Waals surface area contributed by atoms with E-state index in [0.29, 0.717) is 25.7 Å². The minimum atomic E-state index is -4.08. The largest absolute Gasteiger partial charge is 0.484 e. The average Bonchev–Trinajstić information content (AvgIpc) is 3.23. The van der Waals surface area contributed by atoms with Gasteiger partial charge < -0.3 is 24.8 Å². The first-order chi connectivity index (χ1) is 28.3. The molecule has 4 aromatic carbocycles. The van der Waals surface area contributed by atoms with Gasteiger partial charge in [0.15, 0.2) is 13.2 Å². The molecule has 0 saturated heterocycles. The van der Waals surface area contributed by atoms with Crippen molar-refractivity contribution in [1.29, 1.82) is 0 Å². The zero-order valence-electron chi connectivity index (χ0n) is 31.8. The molecule has 0 heterocycles. The van der Waals surface area contributed by atoms with E-state index in [1.165, 1.54) is 24.3 Å². The Balaban J connectivity index is 1.07. The molecule has 2 amide bonds. The number of amides is 2. The lowest BCUT2D eigenvalue weighted by atomic mass is 9.59. The van der Waals surface area contributed by atoms with Crippen LogP contribution in [0.2, 0.25) is 10.0 Å². The molecule has 1 atom stereocenters. The molecule has 7 rings (SSSR count). The van der Waals surface area contributed by atoms with Crippen LogP contribution in [0.15, 0.2) is 97.1 Å². The summed E-state index contributed by atoms with van der Waals surface area (Å²) in [7, 11) is -4.08. The highest BCUT2D eigenvalue weighted by molar-refractivity contribution is 7.48. The Morgan fingerprint density at radius 1 is 0.695 bits per heavy atom. The number of rotatable bonds is 20. The summed E-state index contributed by atoms with van der Waals surface area (Å²) in [6.45, 7) is -1.09. The van der Waals surface area contributed by atoms with E-state index >= 15 is 0 Å². The number of hydrogen-bond donors (Lipinski definition) is 2. The molecule has 0 aliphatic heterocycles. The summed E-state index contributed by atoms with van der Waals surface area (Å²) in [5, 5.41) is 5.85. The third-order valence-corrected chi connectivity index (χ3v) is 12.1. The lowest BCUT2D eigenvalue weighted by Gasteiger charge is -2.57. The predicted molar refractivity (Wildman–Crippen MR) is 214 cm³/mol. The Bertz CT molecular complexity index is 2080. The van der Waals surface area contributed by atoms with E-state index in [0.717, 1.165) is 23.3 Å². The molecule has 0 spiro atoms. The molecule has 3 saturated carbocycles. The number of carbonyl (C=O) groups is 3. The van der Waals surface area contributed by atoms with Gasteiger partial charge in [-0.2, -0.15) is 0 Å². The quantitative estimate of drug-likeness (QED) is 0.0502. The van der Waals surface area contributed by atoms with E-state index in [4.69, 9.17) is 51.0 Å². The molecule has 3 aliphatic rings. The van der Waals surface area contributed by atoms with Gasteiger partial charge in [0.2, 0.25) is 0 Å². The molecule has 0 unspecified atom stereocenters. The van der Waals surface area contributed by atoms with Crippen molar-refractivity contribution in [1.82, 2.24) is 10.6 Å². The minimum absolute atomic E-state index is 0.0316. The number of ether oxygens (including phenoxy) is 3. The maximum absolute atomic E-state index is 14.0. The van der Waals surface area contributed by atoms with Crippen molar-refractivity contribution in [3.05, 3.63) is 130 Å². The molecule has 12 nitrogen and oxygen atoms in total. The molecule has 3 aliphatic carbocycles. The molecule has 0 aromatic heterocycles. The molecule has 4 aromatic rings. The van der Waals surface area contributed by atoms with Crippen LogP contribution >= 0.6 is 31.0 Å². The topological polar surface area (TPSA) is 148 Å². The van der Waals surface area contributed by atoms with Crippen molar-refractivity contribution in [3.63, 3.8) is 0 Å². The number of esters is 1. The van der Waals surface area contributed by atoms with Gasteiger partial charge in [-0.3, -0.25) is 28.0 Å². The summed E-state index contributed by atoms with van der Waals surface area (Å²) in [6, 6.07) is 25.9. The van der Waals surface area contributed by atoms with Crippen molar-refractivity contribution >= 4 is 48.8 Å². The summed E-state index contributed by atoms with van der Waals surface area (Å²) in [5.41, 5.74) is -0.291. The van der Waals surface area contributed by atoms with Gasteiger partial charge in [0.05, 0.1) is 35.4 Å². The van der Waals surface area contributed by atoms with Gasteiger partial charge in [0.25, 0.3) is 11.8 Å². The second-order valence-electron chi connectivity index (χ2n) is 14.3. The number of halogens is 4. The van der Waals surface area contributed by atoms with E-state index in [2.05, 4.69) is 10.6 Å². The first-order valence-electron chi connectivity index (χ1n) is 18.9. The van der Waals surface area contributed by atoms with E-state index in [1.807, 2.05) is 60.7 Å². The van der Waals surface area contributed by atoms with Crippen LogP contribution in [0.25, 0.3) is 0 Å². The third-order valence-electron chi connectivity index (χ3n) is 10.1. The summed E-state index contributed by atoms with van der Waals surface area (Å²) in [4.78, 5) is 39.8. The third kappa shape index (κ3) is 12.5. The zero-order valence-corrected chi connectivity index (χ0v) is 34.2. The standard InChI is InChI=1S/C42H43Cl2F2N2O10P/c43-33-15-13-31(22-35(33)45)53-27-38(49)47-41-17-19-42(20-18-41,48-39(50)28-54-32-14-16-34(44)36(46)23-32)37(24-41)58-40(51)12-7-21-55-59(52,56-25-29-8-3-1-4-9-29)57-26-30-10-5-2-6-11-30/h1-6,8-11,13-16,22-23,37H,7,12,17-21,24-28H2,(H,47,49)(H,48,50)/t37-,41?,42?/m0/s1. The highest BCUT2D eigenvalue weighted by atomic mass is 35.5. The first-order valence-corrected chi connectivity index (χ1v) is 21.1. The fourth-order valence-electron chi connectivity index (χ4n) is 7.04. The Hall–Kier alpha value is -4.56. The van der Waals surface area contributed by atoms with Crippen LogP contribution in [0.5, 0.6) is 11.5 Å². The summed E-state index contributed by atoms with van der Waals surface area (Å²) in [6.07, 6.45) is 0.760. The van der Waals surface area contributed by atoms with Gasteiger partial charge in [0, 0.05) is 30.5 Å². The van der Waals surface area contributed by atoms with Crippen LogP contribution in [-0.4, -0.2) is 54.8 Å². The lowest BCUT2D eigenvalue weighted by Crippen LogP contribution is -2.71.